The van der Waals surface area contributed by atoms with Crippen LogP contribution < -0.4 is 0 Å². The molecule has 1 heterocycles. The summed E-state index contributed by atoms with van der Waals surface area (Å²) in [5, 5.41) is 0. The summed E-state index contributed by atoms with van der Waals surface area (Å²) in [4.78, 5) is 28.7. The van der Waals surface area contributed by atoms with E-state index in [9.17, 15) is 9.59 Å². The fourth-order valence-electron chi connectivity index (χ4n) is 1.36. The molecule has 0 saturated heterocycles. The molecule has 17 heavy (non-hydrogen) atoms. The quantitative estimate of drug-likeness (QED) is 0.715. The van der Waals surface area contributed by atoms with E-state index in [0.29, 0.717) is 5.69 Å². The summed E-state index contributed by atoms with van der Waals surface area (Å²) in [5.74, 6) is -0.714. The number of ether oxygens (including phenoxy) is 1. The van der Waals surface area contributed by atoms with Crippen molar-refractivity contribution < 1.29 is 14.3 Å². The van der Waals surface area contributed by atoms with Crippen LogP contribution in [0.15, 0.2) is 12.5 Å². The maximum Gasteiger partial charge on any atom is 0.325 e. The number of methoxy groups -OCH3 is 1. The number of carbonyl (C=O) groups excluding carboxylic acids is 2. The van der Waals surface area contributed by atoms with Crippen LogP contribution in [-0.4, -0.2) is 46.0 Å². The summed E-state index contributed by atoms with van der Waals surface area (Å²) in [6, 6.07) is -0.0939. The molecule has 94 valence electrons. The third kappa shape index (κ3) is 3.30. The minimum absolute atomic E-state index is 0.0659. The molecule has 6 nitrogen and oxygen atoms in total. The van der Waals surface area contributed by atoms with Gasteiger partial charge in [-0.05, 0) is 13.8 Å². The van der Waals surface area contributed by atoms with Crippen molar-refractivity contribution in [3.8, 4) is 0 Å². The number of carbonyl (C=O) groups is 2. The number of hydrogen-bond acceptors (Lipinski definition) is 4. The Morgan fingerprint density at radius 3 is 2.59 bits per heavy atom. The van der Waals surface area contributed by atoms with Crippen molar-refractivity contribution in [2.45, 2.75) is 19.9 Å². The number of nitrogens with zero attached hydrogens (tertiary/aromatic N) is 3. The Bertz CT molecular complexity index is 412. The van der Waals surface area contributed by atoms with Crippen molar-refractivity contribution in [3.63, 3.8) is 0 Å². The van der Waals surface area contributed by atoms with Crippen LogP contribution in [0.3, 0.4) is 0 Å². The molecule has 1 aromatic rings. The number of aryl methyl sites for hydroxylation is 1. The van der Waals surface area contributed by atoms with Crippen LogP contribution >= 0.6 is 0 Å². The van der Waals surface area contributed by atoms with Crippen LogP contribution in [0.25, 0.3) is 0 Å². The topological polar surface area (TPSA) is 64.4 Å². The number of hydrogen-bond donors (Lipinski definition) is 0. The maximum absolute atomic E-state index is 12.1. The van der Waals surface area contributed by atoms with E-state index < -0.39 is 5.97 Å². The summed E-state index contributed by atoms with van der Waals surface area (Å²) < 4.78 is 6.25. The molecule has 1 amide bonds. The normalized spacial score (nSPS) is 10.4. The first-order valence-corrected chi connectivity index (χ1v) is 5.31. The Morgan fingerprint density at radius 2 is 2.18 bits per heavy atom. The number of amides is 1. The van der Waals surface area contributed by atoms with Gasteiger partial charge in [-0.25, -0.2) is 4.98 Å². The molecule has 0 radical (unpaired) electrons. The van der Waals surface area contributed by atoms with Gasteiger partial charge in [0.2, 0.25) is 0 Å². The molecule has 0 aliphatic carbocycles. The first-order chi connectivity index (χ1) is 7.95. The molecule has 0 fully saturated rings. The largest absolute Gasteiger partial charge is 0.468 e. The van der Waals surface area contributed by atoms with Crippen molar-refractivity contribution >= 4 is 11.9 Å². The molecular formula is C11H17N3O3. The van der Waals surface area contributed by atoms with Crippen LogP contribution in [0.2, 0.25) is 0 Å². The highest BCUT2D eigenvalue weighted by atomic mass is 16.5. The van der Waals surface area contributed by atoms with E-state index in [1.54, 1.807) is 24.1 Å². The number of imidazole rings is 1. The zero-order valence-electron chi connectivity index (χ0n) is 10.5. The highest BCUT2D eigenvalue weighted by molar-refractivity contribution is 5.94. The van der Waals surface area contributed by atoms with Gasteiger partial charge in [0.05, 0.1) is 13.4 Å². The molecule has 0 spiro atoms. The molecule has 6 heteroatoms. The molecule has 0 aliphatic heterocycles. The van der Waals surface area contributed by atoms with Gasteiger partial charge in [-0.1, -0.05) is 0 Å². The SMILES string of the molecule is COC(=O)CN(C(=O)c1cn(C)cn1)C(C)C. The van der Waals surface area contributed by atoms with E-state index in [4.69, 9.17) is 0 Å². The van der Waals surface area contributed by atoms with Crippen molar-refractivity contribution in [1.29, 1.82) is 0 Å². The van der Waals surface area contributed by atoms with Gasteiger partial charge in [-0.3, -0.25) is 9.59 Å². The van der Waals surface area contributed by atoms with E-state index in [1.165, 1.54) is 12.0 Å². The van der Waals surface area contributed by atoms with Gasteiger partial charge in [-0.2, -0.15) is 0 Å². The molecule has 0 unspecified atom stereocenters. The lowest BCUT2D eigenvalue weighted by Gasteiger charge is -2.24. The van der Waals surface area contributed by atoms with Gasteiger partial charge < -0.3 is 14.2 Å². The first kappa shape index (κ1) is 13.2. The summed E-state index contributed by atoms with van der Waals surface area (Å²) in [6.07, 6.45) is 3.17. The van der Waals surface area contributed by atoms with Gasteiger partial charge in [0.25, 0.3) is 5.91 Å². The zero-order chi connectivity index (χ0) is 13.0. The van der Waals surface area contributed by atoms with Crippen LogP contribution in [0, 0.1) is 0 Å². The Labute approximate surface area is 100 Å². The third-order valence-corrected chi connectivity index (χ3v) is 2.34. The Morgan fingerprint density at radius 1 is 1.53 bits per heavy atom. The number of rotatable bonds is 4. The van der Waals surface area contributed by atoms with Crippen LogP contribution in [0.5, 0.6) is 0 Å². The van der Waals surface area contributed by atoms with Gasteiger partial charge in [-0.15, -0.1) is 0 Å². The average molecular weight is 239 g/mol. The lowest BCUT2D eigenvalue weighted by Crippen LogP contribution is -2.41. The number of aromatic nitrogens is 2. The molecule has 0 atom stereocenters. The highest BCUT2D eigenvalue weighted by Crippen LogP contribution is 2.06. The van der Waals surface area contributed by atoms with Gasteiger partial charge in [0, 0.05) is 19.3 Å². The van der Waals surface area contributed by atoms with Crippen LogP contribution in [-0.2, 0) is 16.6 Å². The molecular weight excluding hydrogens is 222 g/mol. The highest BCUT2D eigenvalue weighted by Gasteiger charge is 2.23. The van der Waals surface area contributed by atoms with Gasteiger partial charge >= 0.3 is 5.97 Å². The lowest BCUT2D eigenvalue weighted by atomic mass is 10.3. The second-order valence-electron chi connectivity index (χ2n) is 4.03. The minimum atomic E-state index is -0.442. The Hall–Kier alpha value is -1.85. The standard InChI is InChI=1S/C11H17N3O3/c1-8(2)14(6-10(15)17-4)11(16)9-5-13(3)7-12-9/h5,7-8H,6H2,1-4H3. The van der Waals surface area contributed by atoms with Gasteiger partial charge in [0.1, 0.15) is 12.2 Å². The summed E-state index contributed by atoms with van der Waals surface area (Å²) in [7, 11) is 3.08. The molecule has 1 aromatic heterocycles. The van der Waals surface area contributed by atoms with E-state index >= 15 is 0 Å². The zero-order valence-corrected chi connectivity index (χ0v) is 10.5. The van der Waals surface area contributed by atoms with E-state index in [0.717, 1.165) is 0 Å². The van der Waals surface area contributed by atoms with E-state index in [2.05, 4.69) is 9.72 Å². The van der Waals surface area contributed by atoms with Crippen molar-refractivity contribution in [2.24, 2.45) is 7.05 Å². The van der Waals surface area contributed by atoms with Crippen molar-refractivity contribution in [3.05, 3.63) is 18.2 Å². The smallest absolute Gasteiger partial charge is 0.325 e. The van der Waals surface area contributed by atoms with Gasteiger partial charge in [0.15, 0.2) is 0 Å². The summed E-state index contributed by atoms with van der Waals surface area (Å²) in [5.41, 5.74) is 0.324. The fraction of sp³-hybridized carbons (Fsp3) is 0.545. The lowest BCUT2D eigenvalue weighted by molar-refractivity contribution is -0.141. The second-order valence-corrected chi connectivity index (χ2v) is 4.03. The summed E-state index contributed by atoms with van der Waals surface area (Å²) in [6.45, 7) is 3.61. The summed E-state index contributed by atoms with van der Waals surface area (Å²) >= 11 is 0. The Balaban J connectivity index is 2.84. The molecule has 0 bridgehead atoms. The third-order valence-electron chi connectivity index (χ3n) is 2.34. The van der Waals surface area contributed by atoms with E-state index in [1.807, 2.05) is 13.8 Å². The first-order valence-electron chi connectivity index (χ1n) is 5.31. The predicted octanol–water partition coefficient (Wildman–Crippen LogP) is 0.444. The Kier molecular flexibility index (Phi) is 4.25. The minimum Gasteiger partial charge on any atom is -0.468 e. The fourth-order valence-corrected chi connectivity index (χ4v) is 1.36. The van der Waals surface area contributed by atoms with E-state index in [-0.39, 0.29) is 18.5 Å². The van der Waals surface area contributed by atoms with Crippen molar-refractivity contribution in [2.75, 3.05) is 13.7 Å². The van der Waals surface area contributed by atoms with Crippen molar-refractivity contribution in [1.82, 2.24) is 14.5 Å². The van der Waals surface area contributed by atoms with Crippen LogP contribution in [0.4, 0.5) is 0 Å². The molecule has 0 aromatic carbocycles. The molecule has 0 saturated carbocycles. The van der Waals surface area contributed by atoms with Crippen LogP contribution in [0.1, 0.15) is 24.3 Å². The molecule has 0 N–H and O–H groups in total. The number of esters is 1. The predicted molar refractivity (Wildman–Crippen MR) is 61.4 cm³/mol. The average Bonchev–Trinajstić information content (AvgIpc) is 2.71. The molecule has 0 aliphatic rings. The monoisotopic (exact) mass is 239 g/mol. The molecule has 1 rings (SSSR count). The maximum atomic E-state index is 12.1. The second kappa shape index (κ2) is 5.47.